The molecule has 0 radical (unpaired) electrons. The summed E-state index contributed by atoms with van der Waals surface area (Å²) in [7, 11) is 1.66. The Balaban J connectivity index is 1.60. The smallest absolute Gasteiger partial charge is 0.408 e. The summed E-state index contributed by atoms with van der Waals surface area (Å²) in [5, 5.41) is 8.44. The molecule has 1 aromatic heterocycles. The number of amides is 3. The van der Waals surface area contributed by atoms with Gasteiger partial charge in [-0.25, -0.2) is 4.79 Å². The lowest BCUT2D eigenvalue weighted by Crippen LogP contribution is -2.58. The van der Waals surface area contributed by atoms with Crippen LogP contribution in [-0.2, 0) is 33.7 Å². The van der Waals surface area contributed by atoms with Crippen LogP contribution in [0.4, 0.5) is 10.5 Å². The van der Waals surface area contributed by atoms with Crippen molar-refractivity contribution < 1.29 is 23.9 Å². The molecule has 0 saturated carbocycles. The number of aromatic nitrogens is 1. The molecule has 0 unspecified atom stereocenters. The zero-order valence-electron chi connectivity index (χ0n) is 26.2. The number of methoxy groups -OCH3 is 1. The lowest BCUT2D eigenvalue weighted by molar-refractivity contribution is -0.130. The van der Waals surface area contributed by atoms with Gasteiger partial charge in [0.2, 0.25) is 11.8 Å². The summed E-state index contributed by atoms with van der Waals surface area (Å²) in [5.41, 5.74) is 1.05. The fraction of sp³-hybridized carbons (Fsp3) is 0.441. The Morgan fingerprint density at radius 1 is 0.860 bits per heavy atom. The third kappa shape index (κ3) is 11.5. The highest BCUT2D eigenvalue weighted by Crippen LogP contribution is 2.16. The summed E-state index contributed by atoms with van der Waals surface area (Å²) >= 11 is 0. The molecule has 9 nitrogen and oxygen atoms in total. The first-order valence-corrected chi connectivity index (χ1v) is 14.8. The van der Waals surface area contributed by atoms with Gasteiger partial charge in [-0.15, -0.1) is 0 Å². The molecule has 1 atom stereocenters. The Bertz CT molecular complexity index is 1330. The van der Waals surface area contributed by atoms with Crippen LogP contribution in [0.3, 0.4) is 0 Å². The number of rotatable bonds is 14. The number of carbonyl (C=O) groups excluding carboxylic acids is 3. The molecule has 9 heteroatoms. The predicted octanol–water partition coefficient (Wildman–Crippen LogP) is 5.88. The van der Waals surface area contributed by atoms with Crippen molar-refractivity contribution in [1.82, 2.24) is 15.2 Å². The van der Waals surface area contributed by atoms with Gasteiger partial charge in [0.15, 0.2) is 0 Å². The van der Waals surface area contributed by atoms with Crippen molar-refractivity contribution in [2.45, 2.75) is 90.4 Å². The second kappa shape index (κ2) is 15.3. The SMILES string of the molecule is COc1ccc(CCCn2ccc(NC(=O)[C@@H](CCCc3ccccc3)NC(=O)C(C)(C)NC(=O)OC(C)(C)C)c2)cc1. The van der Waals surface area contributed by atoms with Crippen molar-refractivity contribution in [3.05, 3.63) is 84.2 Å². The van der Waals surface area contributed by atoms with E-state index >= 15 is 0 Å². The zero-order chi connectivity index (χ0) is 31.5. The van der Waals surface area contributed by atoms with Crippen LogP contribution in [0, 0.1) is 0 Å². The Hall–Kier alpha value is -4.27. The van der Waals surface area contributed by atoms with Crippen molar-refractivity contribution in [2.24, 2.45) is 0 Å². The van der Waals surface area contributed by atoms with Crippen molar-refractivity contribution >= 4 is 23.6 Å². The van der Waals surface area contributed by atoms with Gasteiger partial charge >= 0.3 is 6.09 Å². The number of benzene rings is 2. The summed E-state index contributed by atoms with van der Waals surface area (Å²) in [4.78, 5) is 39.1. The first kappa shape index (κ1) is 33.2. The molecule has 3 amide bonds. The molecule has 0 fully saturated rings. The van der Waals surface area contributed by atoms with Gasteiger partial charge in [0.05, 0.1) is 12.8 Å². The van der Waals surface area contributed by atoms with E-state index in [-0.39, 0.29) is 5.91 Å². The highest BCUT2D eigenvalue weighted by Gasteiger charge is 2.34. The average molecular weight is 591 g/mol. The summed E-state index contributed by atoms with van der Waals surface area (Å²) in [6.45, 7) is 9.21. The summed E-state index contributed by atoms with van der Waals surface area (Å²) in [6, 6.07) is 19.1. The molecule has 0 aliphatic rings. The molecule has 232 valence electrons. The highest BCUT2D eigenvalue weighted by atomic mass is 16.6. The molecule has 0 saturated heterocycles. The van der Waals surface area contributed by atoms with E-state index in [1.807, 2.05) is 65.5 Å². The van der Waals surface area contributed by atoms with E-state index in [0.717, 1.165) is 37.1 Å². The van der Waals surface area contributed by atoms with Crippen LogP contribution < -0.4 is 20.7 Å². The Morgan fingerprint density at radius 3 is 2.16 bits per heavy atom. The first-order chi connectivity index (χ1) is 20.3. The van der Waals surface area contributed by atoms with Crippen molar-refractivity contribution in [1.29, 1.82) is 0 Å². The number of nitrogens with zero attached hydrogens (tertiary/aromatic N) is 1. The second-order valence-electron chi connectivity index (χ2n) is 12.2. The average Bonchev–Trinajstić information content (AvgIpc) is 3.38. The Kier molecular flexibility index (Phi) is 11.8. The molecular formula is C34H46N4O5. The van der Waals surface area contributed by atoms with Gasteiger partial charge in [0.25, 0.3) is 0 Å². The fourth-order valence-corrected chi connectivity index (χ4v) is 4.52. The van der Waals surface area contributed by atoms with E-state index < -0.39 is 29.2 Å². The quantitative estimate of drug-likeness (QED) is 0.217. The molecule has 0 bridgehead atoms. The number of alkyl carbamates (subject to hydrolysis) is 1. The summed E-state index contributed by atoms with van der Waals surface area (Å²) < 4.78 is 12.6. The van der Waals surface area contributed by atoms with Crippen LogP contribution in [0.1, 0.15) is 65.0 Å². The maximum atomic E-state index is 13.4. The van der Waals surface area contributed by atoms with Gasteiger partial charge in [-0.3, -0.25) is 9.59 Å². The summed E-state index contributed by atoms with van der Waals surface area (Å²) in [6.07, 6.45) is 6.87. The Labute approximate surface area is 255 Å². The maximum Gasteiger partial charge on any atom is 0.408 e. The number of hydrogen-bond donors (Lipinski definition) is 3. The molecule has 0 aliphatic heterocycles. The van der Waals surface area contributed by atoms with Gasteiger partial charge in [-0.1, -0.05) is 42.5 Å². The van der Waals surface area contributed by atoms with Gasteiger partial charge in [0.1, 0.15) is 22.9 Å². The van der Waals surface area contributed by atoms with Crippen molar-refractivity contribution in [3.63, 3.8) is 0 Å². The van der Waals surface area contributed by atoms with E-state index in [4.69, 9.17) is 9.47 Å². The van der Waals surface area contributed by atoms with Crippen LogP contribution in [0.15, 0.2) is 73.1 Å². The van der Waals surface area contributed by atoms with Crippen molar-refractivity contribution in [3.8, 4) is 5.75 Å². The van der Waals surface area contributed by atoms with Crippen LogP contribution in [0.25, 0.3) is 0 Å². The van der Waals surface area contributed by atoms with E-state index in [0.29, 0.717) is 18.5 Å². The maximum absolute atomic E-state index is 13.4. The van der Waals surface area contributed by atoms with Crippen molar-refractivity contribution in [2.75, 3.05) is 12.4 Å². The molecule has 3 N–H and O–H groups in total. The highest BCUT2D eigenvalue weighted by molar-refractivity contribution is 5.99. The van der Waals surface area contributed by atoms with E-state index in [9.17, 15) is 14.4 Å². The molecular weight excluding hydrogens is 544 g/mol. The molecule has 0 aliphatic carbocycles. The lowest BCUT2D eigenvalue weighted by atomic mass is 10.0. The van der Waals surface area contributed by atoms with Gasteiger partial charge in [0, 0.05) is 18.9 Å². The number of nitrogens with one attached hydrogen (secondary N) is 3. The number of ether oxygens (including phenoxy) is 2. The molecule has 2 aromatic carbocycles. The van der Waals surface area contributed by atoms with E-state index in [1.54, 1.807) is 41.7 Å². The van der Waals surface area contributed by atoms with Gasteiger partial charge < -0.3 is 30.0 Å². The third-order valence-electron chi connectivity index (χ3n) is 6.86. The Morgan fingerprint density at radius 2 is 1.51 bits per heavy atom. The molecule has 3 rings (SSSR count). The standard InChI is InChI=1S/C34H46N4O5/c1-33(2,3)43-32(41)37-34(4,5)31(40)36-29(16-10-14-25-12-8-7-9-13-25)30(39)35-27-21-23-38(24-27)22-11-15-26-17-19-28(42-6)20-18-26/h7-9,12-13,17-21,23-24,29H,10-11,14-16,22H2,1-6H3,(H,35,39)(H,36,40)(H,37,41)/t29-/m1/s1. The van der Waals surface area contributed by atoms with Crippen LogP contribution in [0.5, 0.6) is 5.75 Å². The molecule has 1 heterocycles. The predicted molar refractivity (Wildman–Crippen MR) is 169 cm³/mol. The second-order valence-corrected chi connectivity index (χ2v) is 12.2. The van der Waals surface area contributed by atoms with Crippen LogP contribution in [0.2, 0.25) is 0 Å². The number of aryl methyl sites for hydroxylation is 3. The molecule has 43 heavy (non-hydrogen) atoms. The largest absolute Gasteiger partial charge is 0.497 e. The molecule has 3 aromatic rings. The fourth-order valence-electron chi connectivity index (χ4n) is 4.52. The van der Waals surface area contributed by atoms with E-state index in [2.05, 4.69) is 28.1 Å². The van der Waals surface area contributed by atoms with Crippen LogP contribution in [-0.4, -0.2) is 46.8 Å². The van der Waals surface area contributed by atoms with Gasteiger partial charge in [-0.05, 0) is 96.0 Å². The minimum Gasteiger partial charge on any atom is -0.497 e. The van der Waals surface area contributed by atoms with E-state index in [1.165, 1.54) is 5.56 Å². The first-order valence-electron chi connectivity index (χ1n) is 14.8. The zero-order valence-corrected chi connectivity index (χ0v) is 26.2. The lowest BCUT2D eigenvalue weighted by Gasteiger charge is -2.29. The normalized spacial score (nSPS) is 12.2. The minimum atomic E-state index is -1.30. The number of carbonyl (C=O) groups is 3. The number of anilines is 1. The van der Waals surface area contributed by atoms with Crippen LogP contribution >= 0.6 is 0 Å². The van der Waals surface area contributed by atoms with Gasteiger partial charge in [-0.2, -0.15) is 0 Å². The summed E-state index contributed by atoms with van der Waals surface area (Å²) in [5.74, 6) is 0.0479. The topological polar surface area (TPSA) is 111 Å². The molecule has 0 spiro atoms. The number of hydrogen-bond acceptors (Lipinski definition) is 5. The third-order valence-corrected chi connectivity index (χ3v) is 6.86. The minimum absolute atomic E-state index is 0.314. The monoisotopic (exact) mass is 590 g/mol.